The van der Waals surface area contributed by atoms with Crippen LogP contribution >= 0.6 is 0 Å². The summed E-state index contributed by atoms with van der Waals surface area (Å²) >= 11 is 0. The first-order chi connectivity index (χ1) is 9.19. The van der Waals surface area contributed by atoms with Gasteiger partial charge in [-0.05, 0) is 33.3 Å². The van der Waals surface area contributed by atoms with Crippen molar-refractivity contribution >= 4 is 11.9 Å². The summed E-state index contributed by atoms with van der Waals surface area (Å²) in [4.78, 5) is 28.3. The van der Waals surface area contributed by atoms with E-state index in [0.29, 0.717) is 5.56 Å². The predicted molar refractivity (Wildman–Crippen MR) is 74.5 cm³/mol. The molecule has 2 N–H and O–H groups in total. The Morgan fingerprint density at radius 2 is 1.65 bits per heavy atom. The van der Waals surface area contributed by atoms with Crippen LogP contribution in [0.3, 0.4) is 0 Å². The zero-order valence-electron chi connectivity index (χ0n) is 12.3. The van der Waals surface area contributed by atoms with E-state index in [1.54, 1.807) is 52.0 Å². The van der Waals surface area contributed by atoms with Crippen molar-refractivity contribution in [2.45, 2.75) is 45.1 Å². The van der Waals surface area contributed by atoms with E-state index in [1.807, 2.05) is 6.07 Å². The van der Waals surface area contributed by atoms with Crippen LogP contribution in [0.25, 0.3) is 0 Å². The Labute approximate surface area is 119 Å². The third kappa shape index (κ3) is 4.06. The van der Waals surface area contributed by atoms with E-state index < -0.39 is 23.0 Å². The molecule has 0 bridgehead atoms. The minimum atomic E-state index is -1.17. The molecule has 1 aromatic rings. The molecule has 1 unspecified atom stereocenters. The number of benzene rings is 1. The highest BCUT2D eigenvalue weighted by Crippen LogP contribution is 2.30. The van der Waals surface area contributed by atoms with E-state index in [9.17, 15) is 9.59 Å². The summed E-state index contributed by atoms with van der Waals surface area (Å²) in [6, 6.07) is 8.90. The largest absolute Gasteiger partial charge is 0.460 e. The van der Waals surface area contributed by atoms with Crippen molar-refractivity contribution in [2.75, 3.05) is 0 Å². The Hall–Kier alpha value is -1.88. The molecule has 0 aliphatic carbocycles. The lowest BCUT2D eigenvalue weighted by Gasteiger charge is -2.28. The molecule has 0 fully saturated rings. The van der Waals surface area contributed by atoms with Crippen LogP contribution in [-0.2, 0) is 24.6 Å². The highest BCUT2D eigenvalue weighted by atomic mass is 16.7. The average molecular weight is 279 g/mol. The second-order valence-corrected chi connectivity index (χ2v) is 5.87. The molecule has 0 saturated carbocycles. The third-order valence-electron chi connectivity index (χ3n) is 2.89. The van der Waals surface area contributed by atoms with Gasteiger partial charge >= 0.3 is 11.9 Å². The molecule has 0 aliphatic rings. The first kappa shape index (κ1) is 16.2. The van der Waals surface area contributed by atoms with Crippen LogP contribution in [0.4, 0.5) is 0 Å². The highest BCUT2D eigenvalue weighted by Gasteiger charge is 2.40. The number of carbonyl (C=O) groups excluding carboxylic acids is 2. The standard InChI is InChI=1S/C15H21NO4/c1-14(2,3)19-12(17)10-15(4,13(18)20-16)11-8-6-5-7-9-11/h5-9H,10,16H2,1-4H3. The van der Waals surface area contributed by atoms with Crippen LogP contribution in [0.2, 0.25) is 0 Å². The van der Waals surface area contributed by atoms with Gasteiger partial charge in [-0.25, -0.2) is 4.79 Å². The van der Waals surface area contributed by atoms with Gasteiger partial charge in [-0.3, -0.25) is 4.79 Å². The first-order valence-corrected chi connectivity index (χ1v) is 6.37. The molecule has 0 spiro atoms. The number of carbonyl (C=O) groups is 2. The third-order valence-corrected chi connectivity index (χ3v) is 2.89. The summed E-state index contributed by atoms with van der Waals surface area (Å²) in [7, 11) is 0. The molecule has 110 valence electrons. The minimum absolute atomic E-state index is 0.135. The van der Waals surface area contributed by atoms with Crippen molar-refractivity contribution in [3.05, 3.63) is 35.9 Å². The van der Waals surface area contributed by atoms with Gasteiger partial charge in [0.05, 0.1) is 6.42 Å². The fourth-order valence-electron chi connectivity index (χ4n) is 1.89. The van der Waals surface area contributed by atoms with E-state index in [0.717, 1.165) is 0 Å². The maximum absolute atomic E-state index is 12.0. The predicted octanol–water partition coefficient (Wildman–Crippen LogP) is 2.09. The quantitative estimate of drug-likeness (QED) is 0.674. The highest BCUT2D eigenvalue weighted by molar-refractivity contribution is 5.88. The molecule has 0 saturated heterocycles. The SMILES string of the molecule is CC(C)(C)OC(=O)CC(C)(C(=O)ON)c1ccccc1. The maximum atomic E-state index is 12.0. The molecule has 5 nitrogen and oxygen atoms in total. The molecule has 1 atom stereocenters. The molecular formula is C15H21NO4. The van der Waals surface area contributed by atoms with E-state index in [2.05, 4.69) is 4.84 Å². The number of hydrogen-bond acceptors (Lipinski definition) is 5. The summed E-state index contributed by atoms with van der Waals surface area (Å²) in [5, 5.41) is 0. The Balaban J connectivity index is 3.02. The van der Waals surface area contributed by atoms with Gasteiger partial charge in [-0.15, -0.1) is 0 Å². The minimum Gasteiger partial charge on any atom is -0.460 e. The van der Waals surface area contributed by atoms with E-state index in [4.69, 9.17) is 10.6 Å². The fraction of sp³-hybridized carbons (Fsp3) is 0.467. The van der Waals surface area contributed by atoms with E-state index in [-0.39, 0.29) is 6.42 Å². The van der Waals surface area contributed by atoms with E-state index in [1.165, 1.54) is 0 Å². The second-order valence-electron chi connectivity index (χ2n) is 5.87. The van der Waals surface area contributed by atoms with Crippen LogP contribution in [0.1, 0.15) is 39.7 Å². The van der Waals surface area contributed by atoms with Gasteiger partial charge in [-0.2, -0.15) is 5.90 Å². The van der Waals surface area contributed by atoms with Gasteiger partial charge in [0, 0.05) is 0 Å². The lowest BCUT2D eigenvalue weighted by Crippen LogP contribution is -2.39. The molecule has 0 aliphatic heterocycles. The lowest BCUT2D eigenvalue weighted by molar-refractivity contribution is -0.163. The second kappa shape index (κ2) is 6.05. The van der Waals surface area contributed by atoms with Gasteiger partial charge in [-0.1, -0.05) is 30.3 Å². The van der Waals surface area contributed by atoms with Gasteiger partial charge < -0.3 is 9.57 Å². The van der Waals surface area contributed by atoms with Crippen LogP contribution < -0.4 is 5.90 Å². The first-order valence-electron chi connectivity index (χ1n) is 6.37. The summed E-state index contributed by atoms with van der Waals surface area (Å²) in [5.74, 6) is 3.85. The van der Waals surface area contributed by atoms with Crippen molar-refractivity contribution < 1.29 is 19.2 Å². The van der Waals surface area contributed by atoms with Crippen molar-refractivity contribution in [1.82, 2.24) is 0 Å². The normalized spacial score (nSPS) is 14.2. The molecule has 0 amide bonds. The Bertz CT molecular complexity index is 478. The summed E-state index contributed by atoms with van der Waals surface area (Å²) in [5.41, 5.74) is -1.12. The molecule has 5 heteroatoms. The number of rotatable bonds is 4. The zero-order chi connectivity index (χ0) is 15.4. The van der Waals surface area contributed by atoms with Gasteiger partial charge in [0.1, 0.15) is 11.0 Å². The van der Waals surface area contributed by atoms with Crippen LogP contribution in [0.5, 0.6) is 0 Å². The number of esters is 1. The van der Waals surface area contributed by atoms with Crippen LogP contribution in [0.15, 0.2) is 30.3 Å². The van der Waals surface area contributed by atoms with Crippen molar-refractivity contribution in [2.24, 2.45) is 5.90 Å². The number of ether oxygens (including phenoxy) is 1. The lowest BCUT2D eigenvalue weighted by atomic mass is 9.79. The Kier molecular flexibility index (Phi) is 4.89. The Morgan fingerprint density at radius 1 is 1.10 bits per heavy atom. The molecular weight excluding hydrogens is 258 g/mol. The summed E-state index contributed by atoms with van der Waals surface area (Å²) in [6.45, 7) is 6.92. The van der Waals surface area contributed by atoms with Crippen molar-refractivity contribution in [1.29, 1.82) is 0 Å². The molecule has 0 heterocycles. The average Bonchev–Trinajstić information content (AvgIpc) is 2.36. The van der Waals surface area contributed by atoms with Crippen molar-refractivity contribution in [3.63, 3.8) is 0 Å². The van der Waals surface area contributed by atoms with Crippen LogP contribution in [-0.4, -0.2) is 17.5 Å². The van der Waals surface area contributed by atoms with Gasteiger partial charge in [0.25, 0.3) is 0 Å². The monoisotopic (exact) mass is 279 g/mol. The molecule has 0 radical (unpaired) electrons. The zero-order valence-corrected chi connectivity index (χ0v) is 12.3. The summed E-state index contributed by atoms with van der Waals surface area (Å²) < 4.78 is 5.26. The fourth-order valence-corrected chi connectivity index (χ4v) is 1.89. The summed E-state index contributed by atoms with van der Waals surface area (Å²) in [6.07, 6.45) is -0.135. The van der Waals surface area contributed by atoms with Gasteiger partial charge in [0.15, 0.2) is 0 Å². The topological polar surface area (TPSA) is 78.6 Å². The van der Waals surface area contributed by atoms with E-state index >= 15 is 0 Å². The maximum Gasteiger partial charge on any atom is 0.335 e. The molecule has 0 aromatic heterocycles. The molecule has 1 aromatic carbocycles. The molecule has 20 heavy (non-hydrogen) atoms. The van der Waals surface area contributed by atoms with Crippen LogP contribution in [0, 0.1) is 0 Å². The smallest absolute Gasteiger partial charge is 0.335 e. The molecule has 1 rings (SSSR count). The van der Waals surface area contributed by atoms with Gasteiger partial charge in [0.2, 0.25) is 0 Å². The van der Waals surface area contributed by atoms with Crippen molar-refractivity contribution in [3.8, 4) is 0 Å². The number of hydrogen-bond donors (Lipinski definition) is 1. The Morgan fingerprint density at radius 3 is 2.10 bits per heavy atom. The number of nitrogens with two attached hydrogens (primary N) is 1.